The van der Waals surface area contributed by atoms with Crippen LogP contribution in [0.1, 0.15) is 0 Å². The first-order chi connectivity index (χ1) is 12.2. The van der Waals surface area contributed by atoms with E-state index in [1.807, 2.05) is 42.5 Å². The van der Waals surface area contributed by atoms with Crippen molar-refractivity contribution in [2.24, 2.45) is 0 Å². The predicted octanol–water partition coefficient (Wildman–Crippen LogP) is 2.67. The molecule has 0 amide bonds. The topological polar surface area (TPSA) is 78.7 Å². The van der Waals surface area contributed by atoms with Gasteiger partial charge in [-0.3, -0.25) is 4.79 Å². The van der Waals surface area contributed by atoms with Gasteiger partial charge < -0.3 is 5.73 Å². The molecule has 0 unspecified atom stereocenters. The average molecular weight is 329 g/mol. The summed E-state index contributed by atoms with van der Waals surface area (Å²) in [6, 6.07) is 20.2. The SMILES string of the molecule is Nc1cccc(-n2nccc2-c2nn(-c3ccccc3)ccc2=O)c1. The van der Waals surface area contributed by atoms with Gasteiger partial charge in [0, 0.05) is 18.0 Å². The van der Waals surface area contributed by atoms with Crippen molar-refractivity contribution in [1.82, 2.24) is 19.6 Å². The van der Waals surface area contributed by atoms with E-state index in [0.717, 1.165) is 11.4 Å². The Kier molecular flexibility index (Phi) is 3.63. The van der Waals surface area contributed by atoms with Crippen LogP contribution in [0.25, 0.3) is 22.8 Å². The van der Waals surface area contributed by atoms with Gasteiger partial charge >= 0.3 is 0 Å². The molecular weight excluding hydrogens is 314 g/mol. The molecule has 4 aromatic rings. The molecule has 0 aliphatic rings. The Morgan fingerprint density at radius 1 is 0.880 bits per heavy atom. The number of hydrogen-bond donors (Lipinski definition) is 1. The van der Waals surface area contributed by atoms with Crippen LogP contribution >= 0.6 is 0 Å². The van der Waals surface area contributed by atoms with Crippen LogP contribution in [0.5, 0.6) is 0 Å². The number of hydrogen-bond acceptors (Lipinski definition) is 4. The molecule has 0 radical (unpaired) electrons. The van der Waals surface area contributed by atoms with Crippen molar-refractivity contribution in [2.45, 2.75) is 0 Å². The van der Waals surface area contributed by atoms with Gasteiger partial charge in [-0.15, -0.1) is 0 Å². The Bertz CT molecular complexity index is 1080. The van der Waals surface area contributed by atoms with Gasteiger partial charge in [0.05, 0.1) is 23.3 Å². The monoisotopic (exact) mass is 329 g/mol. The van der Waals surface area contributed by atoms with Crippen LogP contribution in [0.2, 0.25) is 0 Å². The summed E-state index contributed by atoms with van der Waals surface area (Å²) in [5.74, 6) is 0. The summed E-state index contributed by atoms with van der Waals surface area (Å²) < 4.78 is 3.34. The van der Waals surface area contributed by atoms with Crippen molar-refractivity contribution in [3.63, 3.8) is 0 Å². The molecule has 0 saturated carbocycles. The third-order valence-electron chi connectivity index (χ3n) is 3.83. The lowest BCUT2D eigenvalue weighted by Gasteiger charge is -2.10. The Morgan fingerprint density at radius 3 is 2.48 bits per heavy atom. The molecule has 0 bridgehead atoms. The highest BCUT2D eigenvalue weighted by Crippen LogP contribution is 2.20. The van der Waals surface area contributed by atoms with E-state index in [9.17, 15) is 4.79 Å². The van der Waals surface area contributed by atoms with Crippen molar-refractivity contribution >= 4 is 5.69 Å². The standard InChI is InChI=1S/C19H15N5O/c20-14-5-4-8-16(13-14)24-17(9-11-21-24)19-18(25)10-12-23(22-19)15-6-2-1-3-7-15/h1-13H,20H2. The third-order valence-corrected chi connectivity index (χ3v) is 3.83. The number of rotatable bonds is 3. The molecule has 4 rings (SSSR count). The molecule has 6 heteroatoms. The van der Waals surface area contributed by atoms with Crippen molar-refractivity contribution in [3.8, 4) is 22.8 Å². The first kappa shape index (κ1) is 14.9. The zero-order chi connectivity index (χ0) is 17.2. The zero-order valence-electron chi connectivity index (χ0n) is 13.3. The minimum absolute atomic E-state index is 0.169. The van der Waals surface area contributed by atoms with E-state index >= 15 is 0 Å². The fraction of sp³-hybridized carbons (Fsp3) is 0. The summed E-state index contributed by atoms with van der Waals surface area (Å²) in [7, 11) is 0. The smallest absolute Gasteiger partial charge is 0.209 e. The van der Waals surface area contributed by atoms with Crippen molar-refractivity contribution in [1.29, 1.82) is 0 Å². The highest BCUT2D eigenvalue weighted by Gasteiger charge is 2.13. The Labute approximate surface area is 143 Å². The highest BCUT2D eigenvalue weighted by atomic mass is 16.1. The van der Waals surface area contributed by atoms with Gasteiger partial charge in [0.1, 0.15) is 0 Å². The Hall–Kier alpha value is -3.67. The molecule has 0 aliphatic carbocycles. The van der Waals surface area contributed by atoms with Crippen LogP contribution in [-0.4, -0.2) is 19.6 Å². The molecule has 0 fully saturated rings. The molecular formula is C19H15N5O. The lowest BCUT2D eigenvalue weighted by Crippen LogP contribution is -2.14. The number of benzene rings is 2. The van der Waals surface area contributed by atoms with Gasteiger partial charge in [-0.1, -0.05) is 24.3 Å². The van der Waals surface area contributed by atoms with E-state index < -0.39 is 0 Å². The predicted molar refractivity (Wildman–Crippen MR) is 96.8 cm³/mol. The second-order valence-corrected chi connectivity index (χ2v) is 5.53. The molecule has 0 aliphatic heterocycles. The van der Waals surface area contributed by atoms with Crippen LogP contribution in [0.15, 0.2) is 83.9 Å². The molecule has 0 spiro atoms. The van der Waals surface area contributed by atoms with Gasteiger partial charge in [-0.2, -0.15) is 10.2 Å². The fourth-order valence-electron chi connectivity index (χ4n) is 2.65. The van der Waals surface area contributed by atoms with Crippen LogP contribution < -0.4 is 11.2 Å². The highest BCUT2D eigenvalue weighted by molar-refractivity contribution is 5.59. The van der Waals surface area contributed by atoms with Crippen LogP contribution in [0, 0.1) is 0 Å². The van der Waals surface area contributed by atoms with Crippen molar-refractivity contribution < 1.29 is 0 Å². The Balaban J connectivity index is 1.87. The van der Waals surface area contributed by atoms with Gasteiger partial charge in [-0.05, 0) is 36.4 Å². The lowest BCUT2D eigenvalue weighted by atomic mass is 10.2. The van der Waals surface area contributed by atoms with E-state index in [1.54, 1.807) is 40.0 Å². The fourth-order valence-corrected chi connectivity index (χ4v) is 2.65. The lowest BCUT2D eigenvalue weighted by molar-refractivity contribution is 0.823. The maximum absolute atomic E-state index is 12.4. The number of para-hydroxylation sites is 1. The first-order valence-corrected chi connectivity index (χ1v) is 7.78. The molecule has 0 atom stereocenters. The molecule has 6 nitrogen and oxygen atoms in total. The van der Waals surface area contributed by atoms with E-state index in [2.05, 4.69) is 10.2 Å². The minimum Gasteiger partial charge on any atom is -0.399 e. The molecule has 25 heavy (non-hydrogen) atoms. The summed E-state index contributed by atoms with van der Waals surface area (Å²) in [5.41, 5.74) is 8.90. The number of nitrogens with two attached hydrogens (primary N) is 1. The molecule has 2 aromatic heterocycles. The summed E-state index contributed by atoms with van der Waals surface area (Å²) in [6.07, 6.45) is 3.29. The number of nitrogen functional groups attached to an aromatic ring is 1. The van der Waals surface area contributed by atoms with Crippen LogP contribution in [0.4, 0.5) is 5.69 Å². The minimum atomic E-state index is -0.169. The summed E-state index contributed by atoms with van der Waals surface area (Å²) in [5, 5.41) is 8.83. The summed E-state index contributed by atoms with van der Waals surface area (Å²) >= 11 is 0. The van der Waals surface area contributed by atoms with Crippen molar-refractivity contribution in [3.05, 3.63) is 89.3 Å². The van der Waals surface area contributed by atoms with Crippen LogP contribution in [0.3, 0.4) is 0 Å². The van der Waals surface area contributed by atoms with Gasteiger partial charge in [0.2, 0.25) is 5.43 Å². The summed E-state index contributed by atoms with van der Waals surface area (Å²) in [4.78, 5) is 12.4. The molecule has 2 N–H and O–H groups in total. The molecule has 2 aromatic carbocycles. The normalized spacial score (nSPS) is 10.7. The average Bonchev–Trinajstić information content (AvgIpc) is 3.12. The first-order valence-electron chi connectivity index (χ1n) is 7.78. The second kappa shape index (κ2) is 6.09. The third kappa shape index (κ3) is 2.81. The van der Waals surface area contributed by atoms with Crippen molar-refractivity contribution in [2.75, 3.05) is 5.73 Å². The van der Waals surface area contributed by atoms with Crippen LogP contribution in [-0.2, 0) is 0 Å². The molecule has 122 valence electrons. The number of aromatic nitrogens is 4. The van der Waals surface area contributed by atoms with E-state index in [0.29, 0.717) is 17.1 Å². The van der Waals surface area contributed by atoms with E-state index in [1.165, 1.54) is 6.07 Å². The number of nitrogens with zero attached hydrogens (tertiary/aromatic N) is 4. The van der Waals surface area contributed by atoms with Gasteiger partial charge in [0.15, 0.2) is 5.69 Å². The zero-order valence-corrected chi connectivity index (χ0v) is 13.3. The molecule has 0 saturated heterocycles. The quantitative estimate of drug-likeness (QED) is 0.586. The van der Waals surface area contributed by atoms with Gasteiger partial charge in [0.25, 0.3) is 0 Å². The second-order valence-electron chi connectivity index (χ2n) is 5.53. The van der Waals surface area contributed by atoms with Gasteiger partial charge in [-0.25, -0.2) is 9.36 Å². The van der Waals surface area contributed by atoms with E-state index in [-0.39, 0.29) is 5.43 Å². The van der Waals surface area contributed by atoms with E-state index in [4.69, 9.17) is 5.73 Å². The number of anilines is 1. The Morgan fingerprint density at radius 2 is 1.68 bits per heavy atom. The molecule has 2 heterocycles. The largest absolute Gasteiger partial charge is 0.399 e. The summed E-state index contributed by atoms with van der Waals surface area (Å²) in [6.45, 7) is 0. The maximum atomic E-state index is 12.4. The maximum Gasteiger partial charge on any atom is 0.209 e.